The molecule has 1 aromatic rings. The van der Waals surface area contributed by atoms with Gasteiger partial charge in [-0.2, -0.15) is 0 Å². The summed E-state index contributed by atoms with van der Waals surface area (Å²) in [7, 11) is 0. The molecule has 1 saturated heterocycles. The number of nitrogens with one attached hydrogen (secondary N) is 2. The Bertz CT molecular complexity index is 459. The summed E-state index contributed by atoms with van der Waals surface area (Å²) in [5.41, 5.74) is -0.235. The van der Waals surface area contributed by atoms with Gasteiger partial charge in [-0.3, -0.25) is 4.79 Å². The van der Waals surface area contributed by atoms with E-state index in [9.17, 15) is 13.6 Å². The topological polar surface area (TPSA) is 41.1 Å². The zero-order chi connectivity index (χ0) is 13.8. The molecule has 3 nitrogen and oxygen atoms in total. The molecule has 1 unspecified atom stereocenters. The van der Waals surface area contributed by atoms with Gasteiger partial charge in [0, 0.05) is 6.04 Å². The Labute approximate surface area is 111 Å². The molecule has 1 aliphatic rings. The van der Waals surface area contributed by atoms with E-state index in [1.165, 1.54) is 12.1 Å². The highest BCUT2D eigenvalue weighted by Crippen LogP contribution is 2.17. The molecule has 0 radical (unpaired) electrons. The predicted molar refractivity (Wildman–Crippen MR) is 68.9 cm³/mol. The number of carbonyl (C=O) groups excluding carboxylic acids is 1. The first-order valence-corrected chi connectivity index (χ1v) is 6.55. The number of rotatable bonds is 3. The van der Waals surface area contributed by atoms with Crippen LogP contribution in [0.2, 0.25) is 0 Å². The monoisotopic (exact) mass is 268 g/mol. The first-order chi connectivity index (χ1) is 9.09. The van der Waals surface area contributed by atoms with E-state index in [-0.39, 0.29) is 11.6 Å². The van der Waals surface area contributed by atoms with E-state index in [2.05, 4.69) is 10.6 Å². The number of carbonyl (C=O) groups is 1. The van der Waals surface area contributed by atoms with Gasteiger partial charge in [0.1, 0.15) is 0 Å². The standard InChI is InChI=1S/C14H18F2N2O/c1-9(10-5-7-17-8-6-10)18-14(19)11-3-2-4-12(15)13(11)16/h2-4,9-10,17H,5-8H2,1H3,(H,18,19). The van der Waals surface area contributed by atoms with Crippen LogP contribution in [0, 0.1) is 17.6 Å². The molecular weight excluding hydrogens is 250 g/mol. The minimum Gasteiger partial charge on any atom is -0.349 e. The molecule has 1 aromatic carbocycles. The molecule has 1 aliphatic heterocycles. The lowest BCUT2D eigenvalue weighted by Gasteiger charge is -2.28. The number of benzene rings is 1. The highest BCUT2D eigenvalue weighted by molar-refractivity contribution is 5.94. The minimum atomic E-state index is -1.09. The van der Waals surface area contributed by atoms with Crippen molar-refractivity contribution in [2.45, 2.75) is 25.8 Å². The van der Waals surface area contributed by atoms with Crippen LogP contribution in [0.3, 0.4) is 0 Å². The molecule has 1 heterocycles. The van der Waals surface area contributed by atoms with Gasteiger partial charge in [0.2, 0.25) is 0 Å². The second kappa shape index (κ2) is 6.10. The second-order valence-corrected chi connectivity index (χ2v) is 4.95. The zero-order valence-corrected chi connectivity index (χ0v) is 10.9. The van der Waals surface area contributed by atoms with E-state index in [0.717, 1.165) is 32.0 Å². The molecule has 0 bridgehead atoms. The normalized spacial score (nSPS) is 18.1. The fraction of sp³-hybridized carbons (Fsp3) is 0.500. The van der Waals surface area contributed by atoms with E-state index in [0.29, 0.717) is 5.92 Å². The zero-order valence-electron chi connectivity index (χ0n) is 10.9. The number of hydrogen-bond acceptors (Lipinski definition) is 2. The van der Waals surface area contributed by atoms with E-state index in [1.807, 2.05) is 6.92 Å². The summed E-state index contributed by atoms with van der Waals surface area (Å²) in [6.45, 7) is 3.77. The van der Waals surface area contributed by atoms with Gasteiger partial charge in [0.25, 0.3) is 5.91 Å². The van der Waals surface area contributed by atoms with Gasteiger partial charge in [0.15, 0.2) is 11.6 Å². The first-order valence-electron chi connectivity index (χ1n) is 6.55. The fourth-order valence-corrected chi connectivity index (χ4v) is 2.43. The van der Waals surface area contributed by atoms with Crippen molar-refractivity contribution in [1.29, 1.82) is 0 Å². The summed E-state index contributed by atoms with van der Waals surface area (Å²) < 4.78 is 26.6. The van der Waals surface area contributed by atoms with E-state index < -0.39 is 17.5 Å². The lowest BCUT2D eigenvalue weighted by molar-refractivity contribution is 0.0915. The summed E-state index contributed by atoms with van der Waals surface area (Å²) >= 11 is 0. The lowest BCUT2D eigenvalue weighted by atomic mass is 9.91. The smallest absolute Gasteiger partial charge is 0.254 e. The van der Waals surface area contributed by atoms with Gasteiger partial charge in [-0.1, -0.05) is 6.07 Å². The third-order valence-electron chi connectivity index (χ3n) is 3.65. The molecule has 1 amide bonds. The Balaban J connectivity index is 2.02. The Kier molecular flexibility index (Phi) is 4.47. The maximum absolute atomic E-state index is 13.5. The van der Waals surface area contributed by atoms with Crippen LogP contribution in [-0.2, 0) is 0 Å². The molecule has 1 fully saturated rings. The largest absolute Gasteiger partial charge is 0.349 e. The highest BCUT2D eigenvalue weighted by atomic mass is 19.2. The third-order valence-corrected chi connectivity index (χ3v) is 3.65. The molecule has 0 spiro atoms. The van der Waals surface area contributed by atoms with Crippen molar-refractivity contribution in [1.82, 2.24) is 10.6 Å². The van der Waals surface area contributed by atoms with E-state index in [4.69, 9.17) is 0 Å². The van der Waals surface area contributed by atoms with Crippen LogP contribution in [-0.4, -0.2) is 25.0 Å². The van der Waals surface area contributed by atoms with Gasteiger partial charge in [-0.05, 0) is 50.9 Å². The Morgan fingerprint density at radius 2 is 2.05 bits per heavy atom. The summed E-state index contributed by atoms with van der Waals surface area (Å²) in [5.74, 6) is -2.26. The molecular formula is C14H18F2N2O. The van der Waals surface area contributed by atoms with E-state index >= 15 is 0 Å². The molecule has 0 aliphatic carbocycles. The van der Waals surface area contributed by atoms with Gasteiger partial charge in [-0.15, -0.1) is 0 Å². The summed E-state index contributed by atoms with van der Waals surface area (Å²) in [6.07, 6.45) is 1.96. The lowest BCUT2D eigenvalue weighted by Crippen LogP contribution is -2.42. The molecule has 5 heteroatoms. The SMILES string of the molecule is CC(NC(=O)c1cccc(F)c1F)C1CCNCC1. The van der Waals surface area contributed by atoms with Crippen molar-refractivity contribution in [2.24, 2.45) is 5.92 Å². The van der Waals surface area contributed by atoms with Gasteiger partial charge in [-0.25, -0.2) is 8.78 Å². The van der Waals surface area contributed by atoms with Crippen LogP contribution in [0.25, 0.3) is 0 Å². The van der Waals surface area contributed by atoms with Crippen molar-refractivity contribution in [3.05, 3.63) is 35.4 Å². The second-order valence-electron chi connectivity index (χ2n) is 4.95. The number of hydrogen-bond donors (Lipinski definition) is 2. The summed E-state index contributed by atoms with van der Waals surface area (Å²) in [5, 5.41) is 6.01. The van der Waals surface area contributed by atoms with Crippen LogP contribution in [0.4, 0.5) is 8.78 Å². The number of piperidine rings is 1. The Morgan fingerprint density at radius 1 is 1.37 bits per heavy atom. The summed E-state index contributed by atoms with van der Waals surface area (Å²) in [6, 6.07) is 3.59. The van der Waals surface area contributed by atoms with Crippen LogP contribution >= 0.6 is 0 Å². The van der Waals surface area contributed by atoms with Crippen LogP contribution < -0.4 is 10.6 Å². The molecule has 19 heavy (non-hydrogen) atoms. The average molecular weight is 268 g/mol. The summed E-state index contributed by atoms with van der Waals surface area (Å²) in [4.78, 5) is 11.9. The number of halogens is 2. The van der Waals surface area contributed by atoms with Crippen molar-refractivity contribution >= 4 is 5.91 Å². The first kappa shape index (κ1) is 13.9. The van der Waals surface area contributed by atoms with Crippen LogP contribution in [0.5, 0.6) is 0 Å². The Hall–Kier alpha value is -1.49. The molecule has 1 atom stereocenters. The van der Waals surface area contributed by atoms with Crippen molar-refractivity contribution in [3.8, 4) is 0 Å². The molecule has 104 valence electrons. The van der Waals surface area contributed by atoms with Crippen LogP contribution in [0.1, 0.15) is 30.1 Å². The number of amides is 1. The molecule has 2 N–H and O–H groups in total. The quantitative estimate of drug-likeness (QED) is 0.881. The minimum absolute atomic E-state index is 0.0442. The van der Waals surface area contributed by atoms with Gasteiger partial charge < -0.3 is 10.6 Å². The van der Waals surface area contributed by atoms with Gasteiger partial charge >= 0.3 is 0 Å². The third kappa shape index (κ3) is 3.29. The average Bonchev–Trinajstić information content (AvgIpc) is 2.42. The van der Waals surface area contributed by atoms with E-state index in [1.54, 1.807) is 0 Å². The molecule has 2 rings (SSSR count). The fourth-order valence-electron chi connectivity index (χ4n) is 2.43. The van der Waals surface area contributed by atoms with Crippen molar-refractivity contribution in [2.75, 3.05) is 13.1 Å². The van der Waals surface area contributed by atoms with Crippen molar-refractivity contribution < 1.29 is 13.6 Å². The maximum Gasteiger partial charge on any atom is 0.254 e. The molecule has 0 saturated carbocycles. The maximum atomic E-state index is 13.5. The highest BCUT2D eigenvalue weighted by Gasteiger charge is 2.23. The van der Waals surface area contributed by atoms with Crippen LogP contribution in [0.15, 0.2) is 18.2 Å². The van der Waals surface area contributed by atoms with Crippen molar-refractivity contribution in [3.63, 3.8) is 0 Å². The predicted octanol–water partition coefficient (Wildman–Crippen LogP) is 2.08. The molecule has 0 aromatic heterocycles. The Morgan fingerprint density at radius 3 is 2.74 bits per heavy atom. The van der Waals surface area contributed by atoms with Gasteiger partial charge in [0.05, 0.1) is 5.56 Å².